The van der Waals surface area contributed by atoms with E-state index in [0.717, 1.165) is 35.6 Å². The quantitative estimate of drug-likeness (QED) is 0.570. The van der Waals surface area contributed by atoms with Gasteiger partial charge in [0.25, 0.3) is 5.91 Å². The first-order valence-corrected chi connectivity index (χ1v) is 10.8. The van der Waals surface area contributed by atoms with Crippen molar-refractivity contribution in [1.29, 1.82) is 0 Å². The van der Waals surface area contributed by atoms with Gasteiger partial charge in [0.2, 0.25) is 11.7 Å². The second-order valence-electron chi connectivity index (χ2n) is 8.55. The van der Waals surface area contributed by atoms with E-state index in [1.807, 2.05) is 43.3 Å². The van der Waals surface area contributed by atoms with Crippen LogP contribution in [0.4, 0.5) is 24.9 Å². The average molecular weight is 461 g/mol. The van der Waals surface area contributed by atoms with Crippen molar-refractivity contribution in [2.45, 2.75) is 50.9 Å². The Morgan fingerprint density at radius 1 is 1.09 bits per heavy atom. The van der Waals surface area contributed by atoms with Crippen molar-refractivity contribution in [1.82, 2.24) is 15.3 Å². The van der Waals surface area contributed by atoms with Crippen LogP contribution in [0.3, 0.4) is 0 Å². The van der Waals surface area contributed by atoms with Gasteiger partial charge >= 0.3 is 6.18 Å². The summed E-state index contributed by atoms with van der Waals surface area (Å²) in [7, 11) is 3.86. The third-order valence-corrected chi connectivity index (χ3v) is 5.76. The maximum absolute atomic E-state index is 13.1. The Kier molecular flexibility index (Phi) is 6.18. The van der Waals surface area contributed by atoms with Gasteiger partial charge in [0.05, 0.1) is 11.1 Å². The number of alkyl halides is 3. The lowest BCUT2D eigenvalue weighted by molar-refractivity contribution is -0.153. The number of benzene rings is 1. The Balaban J connectivity index is 1.39. The molecule has 2 aromatic heterocycles. The standard InChI is InChI=1S/C23H26F3N5O2/c1-13-12-17(19(33-13)23(24,25)26)21(32)27-14-8-10-15(11-9-14)28-22-29-18-7-5-4-6-16(18)20(30-22)31(2)3/h4-7,12,14-15H,8-11H2,1-3H3,(H,27,32)(H,28,29,30). The third kappa shape index (κ3) is 5.04. The van der Waals surface area contributed by atoms with E-state index in [1.54, 1.807) is 0 Å². The molecule has 0 atom stereocenters. The van der Waals surface area contributed by atoms with E-state index in [0.29, 0.717) is 18.8 Å². The molecule has 3 aromatic rings. The Morgan fingerprint density at radius 3 is 2.42 bits per heavy atom. The van der Waals surface area contributed by atoms with E-state index >= 15 is 0 Å². The summed E-state index contributed by atoms with van der Waals surface area (Å²) in [5.41, 5.74) is 0.372. The van der Waals surface area contributed by atoms with Crippen molar-refractivity contribution in [3.8, 4) is 0 Å². The number of hydrogen-bond acceptors (Lipinski definition) is 6. The topological polar surface area (TPSA) is 83.3 Å². The first-order chi connectivity index (χ1) is 15.6. The van der Waals surface area contributed by atoms with Gasteiger partial charge in [-0.05, 0) is 50.8 Å². The van der Waals surface area contributed by atoms with Gasteiger partial charge in [0, 0.05) is 31.6 Å². The number of furan rings is 1. The summed E-state index contributed by atoms with van der Waals surface area (Å²) in [5, 5.41) is 7.07. The van der Waals surface area contributed by atoms with E-state index < -0.39 is 23.4 Å². The number of hydrogen-bond donors (Lipinski definition) is 2. The van der Waals surface area contributed by atoms with Crippen molar-refractivity contribution in [2.75, 3.05) is 24.3 Å². The molecule has 0 saturated heterocycles. The van der Waals surface area contributed by atoms with Crippen LogP contribution in [0.1, 0.15) is 47.6 Å². The number of aromatic nitrogens is 2. The predicted octanol–water partition coefficient (Wildman–Crippen LogP) is 4.77. The lowest BCUT2D eigenvalue weighted by Gasteiger charge is -2.30. The van der Waals surface area contributed by atoms with Crippen molar-refractivity contribution in [3.05, 3.63) is 47.4 Å². The van der Waals surface area contributed by atoms with Crippen LogP contribution in [0.25, 0.3) is 10.9 Å². The fraction of sp³-hybridized carbons (Fsp3) is 0.435. The second-order valence-corrected chi connectivity index (χ2v) is 8.55. The Bertz CT molecular complexity index is 1150. The van der Waals surface area contributed by atoms with Crippen molar-refractivity contribution in [3.63, 3.8) is 0 Å². The lowest BCUT2D eigenvalue weighted by atomic mass is 9.91. The molecule has 4 rings (SSSR count). The largest absolute Gasteiger partial charge is 0.456 e. The van der Waals surface area contributed by atoms with Crippen molar-refractivity contribution >= 4 is 28.6 Å². The summed E-state index contributed by atoms with van der Waals surface area (Å²) in [6, 6.07) is 8.83. The molecule has 1 amide bonds. The Morgan fingerprint density at radius 2 is 1.76 bits per heavy atom. The SMILES string of the molecule is Cc1cc(C(=O)NC2CCC(Nc3nc(N(C)C)c4ccccc4n3)CC2)c(C(F)(F)F)o1. The Labute approximate surface area is 189 Å². The molecule has 176 valence electrons. The lowest BCUT2D eigenvalue weighted by Crippen LogP contribution is -2.40. The highest BCUT2D eigenvalue weighted by molar-refractivity contribution is 5.95. The van der Waals surface area contributed by atoms with E-state index in [4.69, 9.17) is 4.42 Å². The second kappa shape index (κ2) is 8.92. The van der Waals surface area contributed by atoms with E-state index in [-0.39, 0.29) is 17.8 Å². The molecule has 0 aliphatic heterocycles. The number of para-hydroxylation sites is 1. The number of anilines is 2. The number of nitrogens with zero attached hydrogens (tertiary/aromatic N) is 3. The normalized spacial score (nSPS) is 18.8. The number of amides is 1. The van der Waals surface area contributed by atoms with Gasteiger partial charge in [-0.1, -0.05) is 12.1 Å². The first-order valence-electron chi connectivity index (χ1n) is 10.8. The van der Waals surface area contributed by atoms with Gasteiger partial charge in [0.15, 0.2) is 0 Å². The van der Waals surface area contributed by atoms with Crippen LogP contribution in [-0.2, 0) is 6.18 Å². The highest BCUT2D eigenvalue weighted by Gasteiger charge is 2.40. The molecule has 0 radical (unpaired) electrons. The van der Waals surface area contributed by atoms with Gasteiger partial charge in [-0.2, -0.15) is 18.2 Å². The molecule has 2 heterocycles. The molecule has 10 heteroatoms. The monoisotopic (exact) mass is 461 g/mol. The Hall–Kier alpha value is -3.30. The van der Waals surface area contributed by atoms with Gasteiger partial charge in [-0.25, -0.2) is 4.98 Å². The first kappa shape index (κ1) is 22.9. The molecule has 0 unspecified atom stereocenters. The maximum atomic E-state index is 13.1. The number of carbonyl (C=O) groups is 1. The minimum absolute atomic E-state index is 0.0489. The highest BCUT2D eigenvalue weighted by atomic mass is 19.4. The van der Waals surface area contributed by atoms with E-state index in [2.05, 4.69) is 20.6 Å². The molecule has 1 saturated carbocycles. The molecule has 1 aromatic carbocycles. The van der Waals surface area contributed by atoms with Crippen LogP contribution in [0, 0.1) is 6.92 Å². The van der Waals surface area contributed by atoms with Crippen LogP contribution in [0.5, 0.6) is 0 Å². The fourth-order valence-corrected chi connectivity index (χ4v) is 4.19. The van der Waals surface area contributed by atoms with Crippen LogP contribution < -0.4 is 15.5 Å². The van der Waals surface area contributed by atoms with Gasteiger partial charge in [-0.3, -0.25) is 4.79 Å². The van der Waals surface area contributed by atoms with Crippen molar-refractivity contribution in [2.24, 2.45) is 0 Å². The van der Waals surface area contributed by atoms with Gasteiger partial charge in [0.1, 0.15) is 11.6 Å². The van der Waals surface area contributed by atoms with Gasteiger partial charge in [-0.15, -0.1) is 0 Å². The van der Waals surface area contributed by atoms with Crippen LogP contribution >= 0.6 is 0 Å². The van der Waals surface area contributed by atoms with Gasteiger partial charge < -0.3 is 20.0 Å². The summed E-state index contributed by atoms with van der Waals surface area (Å²) < 4.78 is 44.1. The van der Waals surface area contributed by atoms with E-state index in [9.17, 15) is 18.0 Å². The minimum atomic E-state index is -4.71. The third-order valence-electron chi connectivity index (χ3n) is 5.76. The number of halogens is 3. The molecule has 0 spiro atoms. The van der Waals surface area contributed by atoms with Crippen molar-refractivity contribution < 1.29 is 22.4 Å². The smallest absolute Gasteiger partial charge is 0.450 e. The van der Waals surface area contributed by atoms with Crippen LogP contribution in [0.15, 0.2) is 34.7 Å². The zero-order valence-corrected chi connectivity index (χ0v) is 18.7. The van der Waals surface area contributed by atoms with Crippen LogP contribution in [-0.4, -0.2) is 42.1 Å². The maximum Gasteiger partial charge on any atom is 0.450 e. The predicted molar refractivity (Wildman–Crippen MR) is 119 cm³/mol. The molecule has 2 N–H and O–H groups in total. The van der Waals surface area contributed by atoms with Crippen LogP contribution in [0.2, 0.25) is 0 Å². The summed E-state index contributed by atoms with van der Waals surface area (Å²) >= 11 is 0. The number of rotatable bonds is 5. The summed E-state index contributed by atoms with van der Waals surface area (Å²) in [5.74, 6) is -0.608. The average Bonchev–Trinajstić information content (AvgIpc) is 3.17. The molecule has 0 bridgehead atoms. The molecular weight excluding hydrogens is 435 g/mol. The summed E-state index contributed by atoms with van der Waals surface area (Å²) in [6.07, 6.45) is -1.98. The highest BCUT2D eigenvalue weighted by Crippen LogP contribution is 2.34. The number of aryl methyl sites for hydroxylation is 1. The fourth-order valence-electron chi connectivity index (χ4n) is 4.19. The summed E-state index contributed by atoms with van der Waals surface area (Å²) in [4.78, 5) is 23.7. The summed E-state index contributed by atoms with van der Waals surface area (Å²) in [6.45, 7) is 1.39. The molecule has 1 aliphatic carbocycles. The number of carbonyl (C=O) groups excluding carboxylic acids is 1. The molecule has 1 aliphatic rings. The number of nitrogens with one attached hydrogen (secondary N) is 2. The zero-order valence-electron chi connectivity index (χ0n) is 18.7. The van der Waals surface area contributed by atoms with E-state index in [1.165, 1.54) is 6.92 Å². The molecule has 1 fully saturated rings. The minimum Gasteiger partial charge on any atom is -0.456 e. The molecular formula is C23H26F3N5O2. The number of fused-ring (bicyclic) bond motifs is 1. The molecule has 7 nitrogen and oxygen atoms in total. The molecule has 33 heavy (non-hydrogen) atoms. The zero-order chi connectivity index (χ0) is 23.8.